The van der Waals surface area contributed by atoms with E-state index in [9.17, 15) is 21.6 Å². The van der Waals surface area contributed by atoms with Crippen LogP contribution in [0.1, 0.15) is 16.8 Å². The maximum Gasteiger partial charge on any atom is 0.433 e. The van der Waals surface area contributed by atoms with E-state index in [1.165, 1.54) is 24.3 Å². The third-order valence-electron chi connectivity index (χ3n) is 5.19. The summed E-state index contributed by atoms with van der Waals surface area (Å²) in [4.78, 5) is -0.136. The van der Waals surface area contributed by atoms with Crippen molar-refractivity contribution in [3.05, 3.63) is 95.7 Å². The van der Waals surface area contributed by atoms with Gasteiger partial charge in [-0.1, -0.05) is 72.3 Å². The quantitative estimate of drug-likeness (QED) is 0.432. The molecule has 0 spiro atoms. The second kappa shape index (κ2) is 8.49. The molecule has 0 bridgehead atoms. The number of hydrogen-bond acceptors (Lipinski definition) is 3. The number of nitrogens with zero attached hydrogens (tertiary/aromatic N) is 2. The van der Waals surface area contributed by atoms with Crippen LogP contribution in [-0.2, 0) is 22.7 Å². The maximum atomic E-state index is 14.4. The molecule has 4 aromatic rings. The van der Waals surface area contributed by atoms with E-state index in [1.54, 1.807) is 54.6 Å². The van der Waals surface area contributed by atoms with Crippen LogP contribution in [0, 0.1) is 6.92 Å². The van der Waals surface area contributed by atoms with Crippen LogP contribution in [0.4, 0.5) is 13.2 Å². The van der Waals surface area contributed by atoms with Crippen molar-refractivity contribution in [3.63, 3.8) is 0 Å². The highest BCUT2D eigenvalue weighted by atomic mass is 32.2. The Labute approximate surface area is 189 Å². The van der Waals surface area contributed by atoms with Gasteiger partial charge >= 0.3 is 6.18 Å². The fourth-order valence-corrected chi connectivity index (χ4v) is 4.13. The third-order valence-corrected chi connectivity index (χ3v) is 6.12. The Morgan fingerprint density at radius 3 is 2.00 bits per heavy atom. The highest BCUT2D eigenvalue weighted by Gasteiger charge is 2.40. The molecule has 0 aliphatic carbocycles. The fraction of sp³-hybridized carbons (Fsp3) is 0.125. The fourth-order valence-electron chi connectivity index (χ4n) is 3.62. The van der Waals surface area contributed by atoms with Gasteiger partial charge in [0.15, 0.2) is 5.69 Å². The number of alkyl halides is 3. The van der Waals surface area contributed by atoms with Crippen molar-refractivity contribution in [2.24, 2.45) is 5.14 Å². The Bertz CT molecular complexity index is 1380. The van der Waals surface area contributed by atoms with E-state index >= 15 is 0 Å². The van der Waals surface area contributed by atoms with Crippen LogP contribution in [0.2, 0.25) is 0 Å². The molecule has 0 amide bonds. The van der Waals surface area contributed by atoms with Crippen molar-refractivity contribution in [2.75, 3.05) is 0 Å². The minimum atomic E-state index is -4.68. The first kappa shape index (κ1) is 22.8. The lowest BCUT2D eigenvalue weighted by Gasteiger charge is -2.13. The standard InChI is InChI=1S/C24H20F3N3O2S/c1-16-7-9-18(10-8-16)21-22(19-11-13-20(14-12-19)33(28,31)32)29-30(23(21)24(25,26)27)15-17-5-3-2-4-6-17/h2-14H,15H2,1H3,(H2,28,31,32). The topological polar surface area (TPSA) is 78.0 Å². The molecule has 0 aliphatic heterocycles. The number of hydrogen-bond donors (Lipinski definition) is 1. The van der Waals surface area contributed by atoms with Gasteiger partial charge in [0, 0.05) is 11.1 Å². The maximum absolute atomic E-state index is 14.4. The highest BCUT2D eigenvalue weighted by Crippen LogP contribution is 2.43. The molecule has 0 aliphatic rings. The van der Waals surface area contributed by atoms with E-state index in [2.05, 4.69) is 5.10 Å². The van der Waals surface area contributed by atoms with E-state index in [-0.39, 0.29) is 22.7 Å². The van der Waals surface area contributed by atoms with Crippen LogP contribution < -0.4 is 5.14 Å². The lowest BCUT2D eigenvalue weighted by atomic mass is 9.97. The molecule has 2 N–H and O–H groups in total. The van der Waals surface area contributed by atoms with Crippen LogP contribution in [0.15, 0.2) is 83.8 Å². The third kappa shape index (κ3) is 4.84. The first-order valence-electron chi connectivity index (χ1n) is 9.96. The number of aryl methyl sites for hydroxylation is 1. The van der Waals surface area contributed by atoms with Crippen LogP contribution in [0.3, 0.4) is 0 Å². The molecule has 0 radical (unpaired) electrons. The molecule has 0 atom stereocenters. The zero-order valence-electron chi connectivity index (χ0n) is 17.5. The molecule has 1 aromatic heterocycles. The van der Waals surface area contributed by atoms with Gasteiger partial charge in [0.1, 0.15) is 5.69 Å². The first-order chi connectivity index (χ1) is 15.5. The Morgan fingerprint density at radius 1 is 0.879 bits per heavy atom. The Kier molecular flexibility index (Phi) is 5.85. The normalized spacial score (nSPS) is 12.2. The molecule has 5 nitrogen and oxygen atoms in total. The number of primary sulfonamides is 1. The summed E-state index contributed by atoms with van der Waals surface area (Å²) in [6.45, 7) is 1.77. The smallest absolute Gasteiger partial charge is 0.255 e. The average molecular weight is 472 g/mol. The molecule has 0 unspecified atom stereocenters. The van der Waals surface area contributed by atoms with Crippen LogP contribution >= 0.6 is 0 Å². The molecular formula is C24H20F3N3O2S. The number of halogens is 3. The van der Waals surface area contributed by atoms with Gasteiger partial charge in [0.2, 0.25) is 10.0 Å². The lowest BCUT2D eigenvalue weighted by Crippen LogP contribution is -2.16. The lowest BCUT2D eigenvalue weighted by molar-refractivity contribution is -0.143. The van der Waals surface area contributed by atoms with Gasteiger partial charge in [-0.25, -0.2) is 13.6 Å². The molecular weight excluding hydrogens is 451 g/mol. The van der Waals surface area contributed by atoms with Gasteiger partial charge in [-0.15, -0.1) is 0 Å². The van der Waals surface area contributed by atoms with E-state index in [0.717, 1.165) is 10.2 Å². The zero-order chi connectivity index (χ0) is 23.8. The van der Waals surface area contributed by atoms with Crippen molar-refractivity contribution >= 4 is 10.0 Å². The number of rotatable bonds is 5. The van der Waals surface area contributed by atoms with E-state index in [0.29, 0.717) is 16.7 Å². The zero-order valence-corrected chi connectivity index (χ0v) is 18.4. The summed E-state index contributed by atoms with van der Waals surface area (Å²) in [7, 11) is -3.94. The number of sulfonamides is 1. The SMILES string of the molecule is Cc1ccc(-c2c(-c3ccc(S(N)(=O)=O)cc3)nn(Cc3ccccc3)c2C(F)(F)F)cc1. The summed E-state index contributed by atoms with van der Waals surface area (Å²) >= 11 is 0. The van der Waals surface area contributed by atoms with Crippen LogP contribution in [-0.4, -0.2) is 18.2 Å². The van der Waals surface area contributed by atoms with Crippen molar-refractivity contribution < 1.29 is 21.6 Å². The predicted molar refractivity (Wildman–Crippen MR) is 120 cm³/mol. The molecule has 0 saturated heterocycles. The van der Waals surface area contributed by atoms with Crippen molar-refractivity contribution in [1.82, 2.24) is 9.78 Å². The Hall–Kier alpha value is -3.43. The molecule has 0 saturated carbocycles. The molecule has 0 fully saturated rings. The van der Waals surface area contributed by atoms with Crippen LogP contribution in [0.5, 0.6) is 0 Å². The van der Waals surface area contributed by atoms with Crippen molar-refractivity contribution in [3.8, 4) is 22.4 Å². The highest BCUT2D eigenvalue weighted by molar-refractivity contribution is 7.89. The van der Waals surface area contributed by atoms with Gasteiger partial charge in [-0.2, -0.15) is 18.3 Å². The molecule has 33 heavy (non-hydrogen) atoms. The summed E-state index contributed by atoms with van der Waals surface area (Å²) in [6.07, 6.45) is -4.68. The van der Waals surface area contributed by atoms with Gasteiger partial charge in [0.25, 0.3) is 0 Å². The predicted octanol–water partition coefficient (Wildman–Crippen LogP) is 5.24. The van der Waals surface area contributed by atoms with Gasteiger partial charge in [-0.3, -0.25) is 4.68 Å². The second-order valence-corrected chi connectivity index (χ2v) is 9.21. The van der Waals surface area contributed by atoms with Gasteiger partial charge in [-0.05, 0) is 30.2 Å². The summed E-state index contributed by atoms with van der Waals surface area (Å²) in [5, 5.41) is 9.50. The van der Waals surface area contributed by atoms with Gasteiger partial charge < -0.3 is 0 Å². The van der Waals surface area contributed by atoms with Gasteiger partial charge in [0.05, 0.1) is 11.4 Å². The molecule has 3 aromatic carbocycles. The van der Waals surface area contributed by atoms with Crippen LogP contribution in [0.25, 0.3) is 22.4 Å². The first-order valence-corrected chi connectivity index (χ1v) is 11.5. The largest absolute Gasteiger partial charge is 0.433 e. The van der Waals surface area contributed by atoms with E-state index < -0.39 is 21.9 Å². The molecule has 1 heterocycles. The summed E-state index contributed by atoms with van der Waals surface area (Å²) in [6, 6.07) is 20.8. The molecule has 4 rings (SSSR count). The van der Waals surface area contributed by atoms with E-state index in [1.807, 2.05) is 6.92 Å². The number of benzene rings is 3. The molecule has 9 heteroatoms. The summed E-state index contributed by atoms with van der Waals surface area (Å²) < 4.78 is 67.3. The van der Waals surface area contributed by atoms with Crippen molar-refractivity contribution in [2.45, 2.75) is 24.5 Å². The second-order valence-electron chi connectivity index (χ2n) is 7.65. The molecule has 170 valence electrons. The number of nitrogens with two attached hydrogens (primary N) is 1. The number of aromatic nitrogens is 2. The van der Waals surface area contributed by atoms with E-state index in [4.69, 9.17) is 5.14 Å². The summed E-state index contributed by atoms with van der Waals surface area (Å²) in [5.41, 5.74) is 1.43. The average Bonchev–Trinajstić information content (AvgIpc) is 3.14. The minimum absolute atomic E-state index is 0.0678. The Balaban J connectivity index is 1.97. The summed E-state index contributed by atoms with van der Waals surface area (Å²) in [5.74, 6) is 0. The monoisotopic (exact) mass is 471 g/mol. The Morgan fingerprint density at radius 2 is 1.45 bits per heavy atom. The van der Waals surface area contributed by atoms with Crippen molar-refractivity contribution in [1.29, 1.82) is 0 Å². The minimum Gasteiger partial charge on any atom is -0.255 e.